The maximum Gasteiger partial charge on any atom is 0.516 e. The van der Waals surface area contributed by atoms with Gasteiger partial charge in [0.05, 0.1) is 0 Å². The normalized spacial score (nSPS) is 12.0. The summed E-state index contributed by atoms with van der Waals surface area (Å²) in [6.07, 6.45) is -5.29. The van der Waals surface area contributed by atoms with Gasteiger partial charge in [0.1, 0.15) is 25.3 Å². The summed E-state index contributed by atoms with van der Waals surface area (Å²) >= 11 is 0. The van der Waals surface area contributed by atoms with E-state index in [1.807, 2.05) is 0 Å². The molecule has 2 aromatic carbocycles. The van der Waals surface area contributed by atoms with Crippen molar-refractivity contribution in [2.24, 2.45) is 11.8 Å². The minimum atomic E-state index is -1.38. The van der Waals surface area contributed by atoms with Crippen LogP contribution in [0.25, 0.3) is 0 Å². The van der Waals surface area contributed by atoms with E-state index in [-0.39, 0.29) is 13.2 Å². The van der Waals surface area contributed by atoms with Crippen molar-refractivity contribution in [1.82, 2.24) is 10.6 Å². The fourth-order valence-corrected chi connectivity index (χ4v) is 3.18. The van der Waals surface area contributed by atoms with Crippen molar-refractivity contribution in [2.45, 2.75) is 53.0 Å². The zero-order chi connectivity index (χ0) is 30.4. The minimum absolute atomic E-state index is 0.140. The van der Waals surface area contributed by atoms with E-state index < -0.39 is 60.4 Å². The monoisotopic (exact) mass is 572 g/mol. The highest BCUT2D eigenvalue weighted by Gasteiger charge is 2.32. The lowest BCUT2D eigenvalue weighted by molar-refractivity contribution is -0.144. The highest BCUT2D eigenvalue weighted by atomic mass is 16.7. The summed E-state index contributed by atoms with van der Waals surface area (Å²) in [5.41, 5.74) is 1.33. The number of nitrogens with one attached hydrogen (secondary N) is 2. The molecule has 0 heterocycles. The molecule has 2 atom stereocenters. The third kappa shape index (κ3) is 11.8. The maximum absolute atomic E-state index is 12.4. The van der Waals surface area contributed by atoms with Crippen molar-refractivity contribution in [2.75, 3.05) is 0 Å². The Labute approximate surface area is 236 Å². The number of ether oxygens (including phenoxy) is 5. The summed E-state index contributed by atoms with van der Waals surface area (Å²) in [7, 11) is 0. The van der Waals surface area contributed by atoms with E-state index >= 15 is 0 Å². The number of hydrogen-bond acceptors (Lipinski definition) is 11. The molecule has 0 spiro atoms. The van der Waals surface area contributed by atoms with Gasteiger partial charge < -0.3 is 34.3 Å². The maximum atomic E-state index is 12.4. The van der Waals surface area contributed by atoms with Crippen LogP contribution < -0.4 is 10.6 Å². The van der Waals surface area contributed by atoms with Crippen molar-refractivity contribution in [3.05, 3.63) is 71.8 Å². The Kier molecular flexibility index (Phi) is 12.8. The Morgan fingerprint density at radius 1 is 0.561 bits per heavy atom. The predicted octanol–water partition coefficient (Wildman–Crippen LogP) is 4.23. The number of carbonyl (C=O) groups is 6. The third-order valence-corrected chi connectivity index (χ3v) is 5.34. The van der Waals surface area contributed by atoms with E-state index in [1.165, 1.54) is 0 Å². The summed E-state index contributed by atoms with van der Waals surface area (Å²) in [5, 5.41) is 4.26. The first kappa shape index (κ1) is 32.3. The summed E-state index contributed by atoms with van der Waals surface area (Å²) < 4.78 is 23.6. The van der Waals surface area contributed by atoms with Gasteiger partial charge in [0, 0.05) is 0 Å². The second kappa shape index (κ2) is 16.2. The van der Waals surface area contributed by atoms with Gasteiger partial charge in [0.25, 0.3) is 0 Å². The summed E-state index contributed by atoms with van der Waals surface area (Å²) in [4.78, 5) is 73.2. The summed E-state index contributed by atoms with van der Waals surface area (Å²) in [6, 6.07) is 14.6. The first-order valence-corrected chi connectivity index (χ1v) is 12.6. The molecule has 0 radical (unpaired) electrons. The number of hydrogen-bond donors (Lipinski definition) is 2. The van der Waals surface area contributed by atoms with Crippen molar-refractivity contribution in [3.63, 3.8) is 0 Å². The number of amides is 2. The van der Waals surface area contributed by atoms with Gasteiger partial charge in [-0.05, 0) is 23.0 Å². The summed E-state index contributed by atoms with van der Waals surface area (Å²) in [5.74, 6) is -3.46. The van der Waals surface area contributed by atoms with Crippen LogP contribution in [0.5, 0.6) is 0 Å². The Bertz CT molecular complexity index is 1110. The number of benzene rings is 2. The molecule has 0 saturated heterocycles. The second-order valence-corrected chi connectivity index (χ2v) is 9.30. The van der Waals surface area contributed by atoms with Crippen LogP contribution in [0.2, 0.25) is 0 Å². The van der Waals surface area contributed by atoms with Gasteiger partial charge in [0.2, 0.25) is 0 Å². The van der Waals surface area contributed by atoms with E-state index in [4.69, 9.17) is 9.47 Å². The van der Waals surface area contributed by atoms with Gasteiger partial charge in [0.15, 0.2) is 0 Å². The van der Waals surface area contributed by atoms with Crippen molar-refractivity contribution >= 4 is 36.4 Å². The van der Waals surface area contributed by atoms with Gasteiger partial charge in [-0.3, -0.25) is 0 Å². The number of alkyl carbamates (subject to hydrolysis) is 2. The van der Waals surface area contributed by atoms with Crippen LogP contribution in [0.4, 0.5) is 19.2 Å². The average Bonchev–Trinajstić information content (AvgIpc) is 2.93. The Hall–Kier alpha value is -4.94. The quantitative estimate of drug-likeness (QED) is 0.237. The van der Waals surface area contributed by atoms with Gasteiger partial charge in [-0.15, -0.1) is 0 Å². The zero-order valence-corrected chi connectivity index (χ0v) is 23.0. The van der Waals surface area contributed by atoms with E-state index in [9.17, 15) is 28.8 Å². The van der Waals surface area contributed by atoms with Crippen LogP contribution in [0.1, 0.15) is 38.8 Å². The van der Waals surface area contributed by atoms with E-state index in [0.717, 1.165) is 0 Å². The van der Waals surface area contributed by atoms with Gasteiger partial charge in [-0.1, -0.05) is 88.4 Å². The smallest absolute Gasteiger partial charge is 0.429 e. The van der Waals surface area contributed by atoms with E-state index in [1.54, 1.807) is 88.4 Å². The van der Waals surface area contributed by atoms with Crippen LogP contribution >= 0.6 is 0 Å². The molecule has 0 aromatic heterocycles. The molecule has 0 unspecified atom stereocenters. The van der Waals surface area contributed by atoms with E-state index in [2.05, 4.69) is 24.8 Å². The molecule has 2 aromatic rings. The molecule has 0 aliphatic carbocycles. The van der Waals surface area contributed by atoms with Crippen molar-refractivity contribution < 1.29 is 52.5 Å². The fraction of sp³-hybridized carbons (Fsp3) is 0.357. The highest BCUT2D eigenvalue weighted by molar-refractivity contribution is 5.92. The van der Waals surface area contributed by atoms with Crippen LogP contribution in [-0.2, 0) is 46.5 Å². The first-order chi connectivity index (χ1) is 19.5. The lowest BCUT2D eigenvalue weighted by Crippen LogP contribution is -2.50. The molecule has 0 saturated carbocycles. The largest absolute Gasteiger partial charge is 0.516 e. The van der Waals surface area contributed by atoms with E-state index in [0.29, 0.717) is 11.1 Å². The van der Waals surface area contributed by atoms with Crippen LogP contribution in [0.15, 0.2) is 60.7 Å². The average molecular weight is 573 g/mol. The topological polar surface area (TPSA) is 173 Å². The number of carbonyl (C=O) groups excluding carboxylic acids is 6. The SMILES string of the molecule is CC(C)[C@H](NC(=O)OC(=O)N[C@H](C(=O)OC(=O)OCc1ccccc1)C(C)C)C(=O)OC(=O)OCc1ccccc1. The number of rotatable bonds is 10. The second-order valence-electron chi connectivity index (χ2n) is 9.30. The lowest BCUT2D eigenvalue weighted by atomic mass is 10.1. The molecule has 41 heavy (non-hydrogen) atoms. The molecule has 0 aliphatic rings. The summed E-state index contributed by atoms with van der Waals surface area (Å²) in [6.45, 7) is 5.90. The Morgan fingerprint density at radius 2 is 0.902 bits per heavy atom. The zero-order valence-electron chi connectivity index (χ0n) is 23.0. The Morgan fingerprint density at radius 3 is 1.22 bits per heavy atom. The molecule has 13 heteroatoms. The third-order valence-electron chi connectivity index (χ3n) is 5.34. The van der Waals surface area contributed by atoms with Crippen LogP contribution in [0.3, 0.4) is 0 Å². The Balaban J connectivity index is 1.84. The molecule has 0 fully saturated rings. The molecule has 220 valence electrons. The lowest BCUT2D eigenvalue weighted by Gasteiger charge is -2.21. The van der Waals surface area contributed by atoms with Crippen LogP contribution in [0, 0.1) is 11.8 Å². The molecule has 2 N–H and O–H groups in total. The van der Waals surface area contributed by atoms with Gasteiger partial charge in [-0.2, -0.15) is 0 Å². The molecule has 0 aliphatic heterocycles. The minimum Gasteiger partial charge on any atom is -0.429 e. The van der Waals surface area contributed by atoms with Crippen molar-refractivity contribution in [3.8, 4) is 0 Å². The van der Waals surface area contributed by atoms with Crippen molar-refractivity contribution in [1.29, 1.82) is 0 Å². The van der Waals surface area contributed by atoms with Gasteiger partial charge >= 0.3 is 36.4 Å². The van der Waals surface area contributed by atoms with Crippen LogP contribution in [-0.4, -0.2) is 48.5 Å². The molecule has 2 rings (SSSR count). The predicted molar refractivity (Wildman–Crippen MR) is 141 cm³/mol. The molecule has 2 amide bonds. The molecular formula is C28H32N2O11. The van der Waals surface area contributed by atoms with Gasteiger partial charge in [-0.25, -0.2) is 28.8 Å². The standard InChI is InChI=1S/C28H32N2O11/c1-17(2)21(23(31)39-27(35)37-15-19-11-7-5-8-12-19)29-25(33)41-26(34)30-22(18(3)4)24(32)40-28(36)38-16-20-13-9-6-10-14-20/h5-14,17-18,21-22H,15-16H2,1-4H3,(H,29,33)(H,30,34)/t21-,22-/m0/s1. The molecular weight excluding hydrogens is 540 g/mol. The molecule has 13 nitrogen and oxygen atoms in total. The highest BCUT2D eigenvalue weighted by Crippen LogP contribution is 2.09. The first-order valence-electron chi connectivity index (χ1n) is 12.6. The molecule has 0 bridgehead atoms. The number of esters is 2. The fourth-order valence-electron chi connectivity index (χ4n) is 3.18.